The highest BCUT2D eigenvalue weighted by molar-refractivity contribution is 6.00. The number of nitrogens with one attached hydrogen (secondary N) is 2. The van der Waals surface area contributed by atoms with E-state index in [1.165, 1.54) is 0 Å². The van der Waals surface area contributed by atoms with Gasteiger partial charge in [0.15, 0.2) is 0 Å². The molecular formula is C17H22ClN3O. The molecule has 0 aromatic carbocycles. The van der Waals surface area contributed by atoms with E-state index in [1.54, 1.807) is 12.4 Å². The third-order valence-corrected chi connectivity index (χ3v) is 4.07. The van der Waals surface area contributed by atoms with Gasteiger partial charge in [-0.15, -0.1) is 12.4 Å². The molecule has 1 aliphatic heterocycles. The van der Waals surface area contributed by atoms with Crippen LogP contribution in [0.25, 0.3) is 11.3 Å². The summed E-state index contributed by atoms with van der Waals surface area (Å²) in [5.74, 6) is 0.628. The van der Waals surface area contributed by atoms with Crippen molar-refractivity contribution in [2.75, 3.05) is 0 Å². The Labute approximate surface area is 137 Å². The predicted molar refractivity (Wildman–Crippen MR) is 90.4 cm³/mol. The summed E-state index contributed by atoms with van der Waals surface area (Å²) < 4.78 is 0. The average molecular weight is 320 g/mol. The van der Waals surface area contributed by atoms with Crippen LogP contribution in [0.3, 0.4) is 0 Å². The SMILES string of the molecule is Cc1c(-c2ccncc2)[nH]c2c1C(=O)NC(CC(C)C)C2.Cl. The summed E-state index contributed by atoms with van der Waals surface area (Å²) in [6, 6.07) is 4.16. The summed E-state index contributed by atoms with van der Waals surface area (Å²) >= 11 is 0. The minimum atomic E-state index is 0. The molecule has 0 aliphatic carbocycles. The van der Waals surface area contributed by atoms with Gasteiger partial charge < -0.3 is 10.3 Å². The fourth-order valence-electron chi connectivity index (χ4n) is 3.19. The van der Waals surface area contributed by atoms with Crippen molar-refractivity contribution in [3.8, 4) is 11.3 Å². The molecular weight excluding hydrogens is 298 g/mol. The third-order valence-electron chi connectivity index (χ3n) is 4.07. The van der Waals surface area contributed by atoms with E-state index in [4.69, 9.17) is 0 Å². The number of carbonyl (C=O) groups excluding carboxylic acids is 1. The Hall–Kier alpha value is -1.81. The maximum absolute atomic E-state index is 12.4. The van der Waals surface area contributed by atoms with Gasteiger partial charge in [-0.25, -0.2) is 0 Å². The van der Waals surface area contributed by atoms with Crippen LogP contribution in [0.5, 0.6) is 0 Å². The quantitative estimate of drug-likeness (QED) is 0.909. The summed E-state index contributed by atoms with van der Waals surface area (Å²) in [5, 5.41) is 3.14. The number of halogens is 1. The summed E-state index contributed by atoms with van der Waals surface area (Å²) in [7, 11) is 0. The van der Waals surface area contributed by atoms with Gasteiger partial charge in [-0.1, -0.05) is 13.8 Å². The maximum atomic E-state index is 12.4. The van der Waals surface area contributed by atoms with E-state index in [0.717, 1.165) is 40.9 Å². The number of H-pyrrole nitrogens is 1. The maximum Gasteiger partial charge on any atom is 0.253 e. The lowest BCUT2D eigenvalue weighted by atomic mass is 9.93. The van der Waals surface area contributed by atoms with Crippen molar-refractivity contribution in [2.45, 2.75) is 39.7 Å². The van der Waals surface area contributed by atoms with Gasteiger partial charge in [0.05, 0.1) is 5.56 Å². The first-order valence-electron chi connectivity index (χ1n) is 7.49. The molecule has 1 unspecified atom stereocenters. The molecule has 4 nitrogen and oxygen atoms in total. The van der Waals surface area contributed by atoms with Gasteiger partial charge in [-0.2, -0.15) is 0 Å². The van der Waals surface area contributed by atoms with Gasteiger partial charge in [-0.05, 0) is 37.0 Å². The van der Waals surface area contributed by atoms with Crippen LogP contribution >= 0.6 is 12.4 Å². The van der Waals surface area contributed by atoms with Gasteiger partial charge in [0, 0.05) is 41.8 Å². The Bertz CT molecular complexity index is 664. The number of rotatable bonds is 3. The van der Waals surface area contributed by atoms with Gasteiger partial charge in [0.25, 0.3) is 5.91 Å². The fourth-order valence-corrected chi connectivity index (χ4v) is 3.19. The molecule has 0 saturated heterocycles. The molecule has 3 heterocycles. The molecule has 0 saturated carbocycles. The number of carbonyl (C=O) groups is 1. The summed E-state index contributed by atoms with van der Waals surface area (Å²) in [5.41, 5.74) is 5.01. The van der Waals surface area contributed by atoms with Crippen LogP contribution in [0.15, 0.2) is 24.5 Å². The van der Waals surface area contributed by atoms with Crippen LogP contribution in [0.2, 0.25) is 0 Å². The number of aromatic amines is 1. The van der Waals surface area contributed by atoms with Crippen molar-refractivity contribution in [2.24, 2.45) is 5.92 Å². The van der Waals surface area contributed by atoms with Crippen LogP contribution in [0, 0.1) is 12.8 Å². The number of fused-ring (bicyclic) bond motifs is 1. The summed E-state index contributed by atoms with van der Waals surface area (Å²) in [6.45, 7) is 6.38. The highest BCUT2D eigenvalue weighted by Gasteiger charge is 2.29. The molecule has 2 aromatic rings. The second-order valence-corrected chi connectivity index (χ2v) is 6.22. The fraction of sp³-hybridized carbons (Fsp3) is 0.412. The molecule has 3 rings (SSSR count). The van der Waals surface area contributed by atoms with Crippen molar-refractivity contribution >= 4 is 18.3 Å². The molecule has 0 bridgehead atoms. The first kappa shape index (κ1) is 16.6. The van der Waals surface area contributed by atoms with Gasteiger partial charge in [-0.3, -0.25) is 9.78 Å². The zero-order valence-electron chi connectivity index (χ0n) is 13.1. The van der Waals surface area contributed by atoms with Crippen molar-refractivity contribution in [1.29, 1.82) is 0 Å². The Morgan fingerprint density at radius 3 is 2.64 bits per heavy atom. The molecule has 22 heavy (non-hydrogen) atoms. The highest BCUT2D eigenvalue weighted by atomic mass is 35.5. The van der Waals surface area contributed by atoms with Crippen LogP contribution in [-0.2, 0) is 6.42 Å². The first-order valence-corrected chi connectivity index (χ1v) is 7.49. The van der Waals surface area contributed by atoms with E-state index in [0.29, 0.717) is 5.92 Å². The molecule has 0 radical (unpaired) electrons. The smallest absolute Gasteiger partial charge is 0.253 e. The zero-order chi connectivity index (χ0) is 15.0. The largest absolute Gasteiger partial charge is 0.357 e. The van der Waals surface area contributed by atoms with Crippen LogP contribution in [0.4, 0.5) is 0 Å². The van der Waals surface area contributed by atoms with Gasteiger partial charge in [0.1, 0.15) is 0 Å². The number of amides is 1. The highest BCUT2D eigenvalue weighted by Crippen LogP contribution is 2.30. The van der Waals surface area contributed by atoms with E-state index in [9.17, 15) is 4.79 Å². The molecule has 1 amide bonds. The minimum absolute atomic E-state index is 0. The Balaban J connectivity index is 0.00000176. The summed E-state index contributed by atoms with van der Waals surface area (Å²) in [4.78, 5) is 19.9. The Morgan fingerprint density at radius 1 is 1.32 bits per heavy atom. The minimum Gasteiger partial charge on any atom is -0.357 e. The summed E-state index contributed by atoms with van der Waals surface area (Å²) in [6.07, 6.45) is 5.44. The Kier molecular flexibility index (Phi) is 4.91. The number of pyridine rings is 1. The topological polar surface area (TPSA) is 57.8 Å². The predicted octanol–water partition coefficient (Wildman–Crippen LogP) is 3.51. The van der Waals surface area contributed by atoms with Crippen LogP contribution < -0.4 is 5.32 Å². The molecule has 118 valence electrons. The van der Waals surface area contributed by atoms with Crippen molar-refractivity contribution in [3.05, 3.63) is 41.3 Å². The molecule has 0 spiro atoms. The normalized spacial score (nSPS) is 16.9. The molecule has 2 aromatic heterocycles. The average Bonchev–Trinajstić information content (AvgIpc) is 2.76. The lowest BCUT2D eigenvalue weighted by Crippen LogP contribution is -2.42. The van der Waals surface area contributed by atoms with Crippen LogP contribution in [0.1, 0.15) is 41.9 Å². The van der Waals surface area contributed by atoms with Crippen molar-refractivity contribution in [1.82, 2.24) is 15.3 Å². The molecule has 1 atom stereocenters. The van der Waals surface area contributed by atoms with Crippen molar-refractivity contribution in [3.63, 3.8) is 0 Å². The van der Waals surface area contributed by atoms with Gasteiger partial charge in [0.2, 0.25) is 0 Å². The standard InChI is InChI=1S/C17H21N3O.ClH/c1-10(2)8-13-9-14-15(17(21)19-13)11(3)16(20-14)12-4-6-18-7-5-12;/h4-7,10,13,20H,8-9H2,1-3H3,(H,19,21);1H. The van der Waals surface area contributed by atoms with Crippen molar-refractivity contribution < 1.29 is 4.79 Å². The number of aromatic nitrogens is 2. The Morgan fingerprint density at radius 2 is 2.00 bits per heavy atom. The second kappa shape index (κ2) is 6.53. The van der Waals surface area contributed by atoms with E-state index >= 15 is 0 Å². The number of hydrogen-bond acceptors (Lipinski definition) is 2. The van der Waals surface area contributed by atoms with E-state index in [-0.39, 0.29) is 24.4 Å². The molecule has 0 fully saturated rings. The van der Waals surface area contributed by atoms with E-state index < -0.39 is 0 Å². The molecule has 2 N–H and O–H groups in total. The lowest BCUT2D eigenvalue weighted by Gasteiger charge is -2.25. The van der Waals surface area contributed by atoms with Gasteiger partial charge >= 0.3 is 0 Å². The molecule has 1 aliphatic rings. The monoisotopic (exact) mass is 319 g/mol. The van der Waals surface area contributed by atoms with E-state index in [2.05, 4.69) is 29.1 Å². The third kappa shape index (κ3) is 3.02. The zero-order valence-corrected chi connectivity index (χ0v) is 14.0. The van der Waals surface area contributed by atoms with E-state index in [1.807, 2.05) is 19.1 Å². The lowest BCUT2D eigenvalue weighted by molar-refractivity contribution is 0.0919. The first-order chi connectivity index (χ1) is 10.1. The second-order valence-electron chi connectivity index (χ2n) is 6.22. The number of nitrogens with zero attached hydrogens (tertiary/aromatic N) is 1. The number of hydrogen-bond donors (Lipinski definition) is 2. The molecule has 5 heteroatoms. The van der Waals surface area contributed by atoms with Crippen LogP contribution in [-0.4, -0.2) is 21.9 Å².